The Hall–Kier alpha value is -3.60. The number of amides is 2. The van der Waals surface area contributed by atoms with Crippen molar-refractivity contribution in [2.45, 2.75) is 158 Å². The number of Topliss-reactive ketones (excluding diaryl/α,β-unsaturated/α-hetero) is 1. The molecule has 6 aliphatic carbocycles. The van der Waals surface area contributed by atoms with Gasteiger partial charge in [-0.1, -0.05) is 67.9 Å². The molecule has 1 aromatic heterocycles. The van der Waals surface area contributed by atoms with E-state index in [0.717, 1.165) is 56.1 Å². The zero-order valence-corrected chi connectivity index (χ0v) is 38.0. The number of carbonyl (C=O) groups is 5. The molecule has 0 radical (unpaired) electrons. The number of aliphatic hydroxyl groups excluding tert-OH is 1. The predicted octanol–water partition coefficient (Wildman–Crippen LogP) is 7.71. The lowest BCUT2D eigenvalue weighted by molar-refractivity contribution is -0.238. The first-order chi connectivity index (χ1) is 27.8. The number of hydrogen-bond donors (Lipinski definition) is 4. The zero-order chi connectivity index (χ0) is 44.2. The predicted molar refractivity (Wildman–Crippen MR) is 227 cm³/mol. The van der Waals surface area contributed by atoms with Gasteiger partial charge in [0, 0.05) is 36.2 Å². The summed E-state index contributed by atoms with van der Waals surface area (Å²) >= 11 is 0. The standard InChI is InChI=1S/C49H71N3O8/c1-27(2)37-32(53)24-49(35(54)26-51-42(59)45(7,8)52-39(55)28-13-12-22-50-25-28)21-20-47(10)29(38(37)49)14-15-34-46(9)18-17-36(44(5,6)33(46)16-19-48(34,47)11)60-41(58)31-23-30(40(56)57)43(31,3)4/h12-13,22,25,27,29-31,33-36,54H,14-21,23-24,26H2,1-11H3,(H,51,59)(H,52,55)(H,56,57)/t29-,30+,31-,33+,34-,35+,36+,46+,47-,48-,49+/m1/s1. The lowest BCUT2D eigenvalue weighted by Crippen LogP contribution is -2.66. The summed E-state index contributed by atoms with van der Waals surface area (Å²) < 4.78 is 6.41. The summed E-state index contributed by atoms with van der Waals surface area (Å²) in [5, 5.41) is 27.7. The van der Waals surface area contributed by atoms with Gasteiger partial charge in [0.05, 0.1) is 23.5 Å². The van der Waals surface area contributed by atoms with E-state index in [9.17, 15) is 34.2 Å². The van der Waals surface area contributed by atoms with Crippen molar-refractivity contribution < 1.29 is 38.9 Å². The summed E-state index contributed by atoms with van der Waals surface area (Å²) in [5.74, 6) is -1.91. The molecule has 11 nitrogen and oxygen atoms in total. The number of pyridine rings is 1. The lowest BCUT2D eigenvalue weighted by Gasteiger charge is -2.72. The van der Waals surface area contributed by atoms with Gasteiger partial charge in [-0.15, -0.1) is 0 Å². The third-order valence-electron chi connectivity index (χ3n) is 18.5. The molecule has 4 N–H and O–H groups in total. The average Bonchev–Trinajstić information content (AvgIpc) is 3.47. The zero-order valence-electron chi connectivity index (χ0n) is 38.0. The Balaban J connectivity index is 1.10. The molecule has 11 heteroatoms. The van der Waals surface area contributed by atoms with Gasteiger partial charge in [0.2, 0.25) is 5.91 Å². The molecule has 1 aromatic rings. The number of rotatable bonds is 10. The molecule has 5 saturated carbocycles. The van der Waals surface area contributed by atoms with Gasteiger partial charge in [-0.05, 0) is 135 Å². The highest BCUT2D eigenvalue weighted by Gasteiger charge is 2.71. The minimum absolute atomic E-state index is 0.00164. The maximum atomic E-state index is 14.2. The van der Waals surface area contributed by atoms with E-state index in [2.05, 4.69) is 64.1 Å². The number of aliphatic carboxylic acids is 1. The minimum Gasteiger partial charge on any atom is -0.481 e. The molecule has 1 heterocycles. The molecule has 0 saturated heterocycles. The van der Waals surface area contributed by atoms with Crippen molar-refractivity contribution in [2.75, 3.05) is 6.54 Å². The first-order valence-electron chi connectivity index (χ1n) is 22.7. The number of carboxylic acids is 1. The summed E-state index contributed by atoms with van der Waals surface area (Å²) in [6.07, 6.45) is 9.58. The second-order valence-corrected chi connectivity index (χ2v) is 22.7. The summed E-state index contributed by atoms with van der Waals surface area (Å²) in [5.41, 5.74) is -0.740. The van der Waals surface area contributed by atoms with E-state index in [-0.39, 0.29) is 64.3 Å². The molecule has 5 fully saturated rings. The Morgan fingerprint density at radius 2 is 1.60 bits per heavy atom. The Morgan fingerprint density at radius 1 is 0.900 bits per heavy atom. The number of ketones is 1. The van der Waals surface area contributed by atoms with Crippen LogP contribution in [-0.2, 0) is 23.9 Å². The fourth-order valence-electron chi connectivity index (χ4n) is 14.8. The molecule has 2 amide bonds. The highest BCUT2D eigenvalue weighted by molar-refractivity contribution is 6.01. The number of esters is 1. The van der Waals surface area contributed by atoms with Crippen molar-refractivity contribution in [1.82, 2.24) is 15.6 Å². The average molecular weight is 830 g/mol. The van der Waals surface area contributed by atoms with Crippen LogP contribution in [0.2, 0.25) is 0 Å². The van der Waals surface area contributed by atoms with Crippen LogP contribution < -0.4 is 10.6 Å². The highest BCUT2D eigenvalue weighted by Crippen LogP contribution is 2.77. The third-order valence-corrected chi connectivity index (χ3v) is 18.5. The van der Waals surface area contributed by atoms with Crippen LogP contribution in [0.3, 0.4) is 0 Å². The SMILES string of the molecule is CC(C)C1=C2[C@H]3CC[C@@H]4[C@@]5(C)CC[C@H](OC(=O)[C@H]6C[C@@H](C(=O)O)C6(C)C)C(C)(C)[C@@H]5CC[C@@]4(C)[C@]3(C)CC[C@@]2([C@@H](O)CNC(=O)C(C)(C)NC(=O)c2cccnc2)CC1=O. The Morgan fingerprint density at radius 3 is 2.22 bits per heavy atom. The molecule has 11 atom stereocenters. The van der Waals surface area contributed by atoms with Crippen molar-refractivity contribution in [3.05, 3.63) is 41.2 Å². The van der Waals surface area contributed by atoms with E-state index < -0.39 is 52.1 Å². The summed E-state index contributed by atoms with van der Waals surface area (Å²) in [6.45, 7) is 23.2. The van der Waals surface area contributed by atoms with E-state index in [1.807, 2.05) is 13.8 Å². The number of aliphatic hydroxyl groups is 1. The molecule has 6 aliphatic rings. The number of nitrogens with one attached hydrogen (secondary N) is 2. The lowest BCUT2D eigenvalue weighted by atomic mass is 9.33. The third kappa shape index (κ3) is 6.51. The summed E-state index contributed by atoms with van der Waals surface area (Å²) in [4.78, 5) is 70.2. The molecule has 0 aromatic carbocycles. The van der Waals surface area contributed by atoms with Gasteiger partial charge in [-0.25, -0.2) is 0 Å². The van der Waals surface area contributed by atoms with Gasteiger partial charge in [0.1, 0.15) is 11.6 Å². The van der Waals surface area contributed by atoms with Crippen LogP contribution >= 0.6 is 0 Å². The van der Waals surface area contributed by atoms with Crippen LogP contribution in [0.1, 0.15) is 151 Å². The molecule has 7 rings (SSSR count). The van der Waals surface area contributed by atoms with Crippen molar-refractivity contribution in [2.24, 2.45) is 68.0 Å². The summed E-state index contributed by atoms with van der Waals surface area (Å²) in [7, 11) is 0. The molecule has 0 spiro atoms. The number of fused-ring (bicyclic) bond motifs is 7. The smallest absolute Gasteiger partial charge is 0.309 e. The Kier molecular flexibility index (Phi) is 10.9. The normalized spacial score (nSPS) is 38.3. The maximum Gasteiger partial charge on any atom is 0.309 e. The summed E-state index contributed by atoms with van der Waals surface area (Å²) in [6, 6.07) is 3.30. The fourth-order valence-corrected chi connectivity index (χ4v) is 14.8. The van der Waals surface area contributed by atoms with Gasteiger partial charge in [0.15, 0.2) is 5.78 Å². The minimum atomic E-state index is -1.26. The Bertz CT molecular complexity index is 1970. The van der Waals surface area contributed by atoms with Crippen molar-refractivity contribution in [3.63, 3.8) is 0 Å². The fraction of sp³-hybridized carbons (Fsp3) is 0.755. The first-order valence-corrected chi connectivity index (χ1v) is 22.7. The molecular weight excluding hydrogens is 759 g/mol. The maximum absolute atomic E-state index is 14.2. The first kappa shape index (κ1) is 44.5. The molecule has 60 heavy (non-hydrogen) atoms. The van der Waals surface area contributed by atoms with Crippen molar-refractivity contribution in [1.29, 1.82) is 0 Å². The number of ether oxygens (including phenoxy) is 1. The van der Waals surface area contributed by atoms with Crippen molar-refractivity contribution in [3.8, 4) is 0 Å². The molecular formula is C49H71N3O8. The Labute approximate surface area is 357 Å². The van der Waals surface area contributed by atoms with Gasteiger partial charge in [0.25, 0.3) is 5.91 Å². The van der Waals surface area contributed by atoms with Gasteiger partial charge < -0.3 is 25.6 Å². The topological polar surface area (TPSA) is 172 Å². The van der Waals surface area contributed by atoms with Crippen LogP contribution in [0.25, 0.3) is 0 Å². The number of allylic oxidation sites excluding steroid dienone is 1. The van der Waals surface area contributed by atoms with Crippen LogP contribution in [-0.4, -0.2) is 69.0 Å². The van der Waals surface area contributed by atoms with Crippen LogP contribution in [0.4, 0.5) is 0 Å². The van der Waals surface area contributed by atoms with E-state index in [1.165, 1.54) is 6.20 Å². The number of nitrogens with zero attached hydrogens (tertiary/aromatic N) is 1. The monoisotopic (exact) mass is 830 g/mol. The molecule has 0 aliphatic heterocycles. The second kappa shape index (κ2) is 14.8. The van der Waals surface area contributed by atoms with E-state index in [4.69, 9.17) is 4.74 Å². The van der Waals surface area contributed by atoms with Gasteiger partial charge in [-0.3, -0.25) is 29.0 Å². The van der Waals surface area contributed by atoms with E-state index in [1.54, 1.807) is 32.2 Å². The van der Waals surface area contributed by atoms with Crippen LogP contribution in [0.15, 0.2) is 35.7 Å². The number of carboxylic acid groups (broad SMARTS) is 1. The van der Waals surface area contributed by atoms with E-state index >= 15 is 0 Å². The quantitative estimate of drug-likeness (QED) is 0.173. The number of carbonyl (C=O) groups excluding carboxylic acids is 4. The molecule has 0 bridgehead atoms. The molecule has 330 valence electrons. The van der Waals surface area contributed by atoms with Crippen molar-refractivity contribution >= 4 is 29.5 Å². The molecule has 0 unspecified atom stereocenters. The second-order valence-electron chi connectivity index (χ2n) is 22.7. The number of aromatic nitrogens is 1. The van der Waals surface area contributed by atoms with Crippen LogP contribution in [0, 0.1) is 68.0 Å². The highest BCUT2D eigenvalue weighted by atomic mass is 16.5. The van der Waals surface area contributed by atoms with Crippen LogP contribution in [0.5, 0.6) is 0 Å². The largest absolute Gasteiger partial charge is 0.481 e. The van der Waals surface area contributed by atoms with E-state index in [0.29, 0.717) is 30.2 Å². The van der Waals surface area contributed by atoms with Gasteiger partial charge in [-0.2, -0.15) is 0 Å². The van der Waals surface area contributed by atoms with Gasteiger partial charge >= 0.3 is 11.9 Å². The number of hydrogen-bond acceptors (Lipinski definition) is 8.